The summed E-state index contributed by atoms with van der Waals surface area (Å²) in [7, 11) is 0. The first-order valence-corrected chi connectivity index (χ1v) is 9.30. The number of nitrogens with zero attached hydrogens (tertiary/aromatic N) is 1. The lowest BCUT2D eigenvalue weighted by atomic mass is 9.66. The van der Waals surface area contributed by atoms with Crippen molar-refractivity contribution in [2.24, 2.45) is 0 Å². The second-order valence-electron chi connectivity index (χ2n) is 7.67. The number of Topliss-reactive ketones (excluding diaryl/α,β-unsaturated/α-hetero) is 2. The van der Waals surface area contributed by atoms with Crippen LogP contribution in [0.1, 0.15) is 43.2 Å². The van der Waals surface area contributed by atoms with Crippen molar-refractivity contribution in [1.82, 2.24) is 0 Å². The number of benzene rings is 1. The fourth-order valence-corrected chi connectivity index (χ4v) is 5.54. The molecule has 130 valence electrons. The predicted molar refractivity (Wildman–Crippen MR) is 92.4 cm³/mol. The number of ether oxygens (including phenoxy) is 1. The van der Waals surface area contributed by atoms with Gasteiger partial charge in [0.15, 0.2) is 11.6 Å². The molecule has 0 atom stereocenters. The van der Waals surface area contributed by atoms with Crippen LogP contribution in [0.2, 0.25) is 0 Å². The van der Waals surface area contributed by atoms with Crippen molar-refractivity contribution in [2.75, 3.05) is 11.4 Å². The standard InChI is InChI=1S/C21H17NO4/c23-13-6-8-15-17(13)21(18-14(24)7-9-16(18)26-15)12-5-1-3-11-4-2-10-22(19(11)12)20(21)25/h1,3,5H,2,4,6-10H2. The Morgan fingerprint density at radius 3 is 2.27 bits per heavy atom. The van der Waals surface area contributed by atoms with Crippen molar-refractivity contribution in [3.05, 3.63) is 52.0 Å². The molecule has 0 bridgehead atoms. The quantitative estimate of drug-likeness (QED) is 0.723. The van der Waals surface area contributed by atoms with Crippen LogP contribution in [0.4, 0.5) is 5.69 Å². The molecule has 5 aliphatic rings. The van der Waals surface area contributed by atoms with Crippen LogP contribution in [0.5, 0.6) is 0 Å². The van der Waals surface area contributed by atoms with Gasteiger partial charge in [0.05, 0.1) is 16.8 Å². The molecule has 3 heterocycles. The van der Waals surface area contributed by atoms with E-state index in [1.807, 2.05) is 23.1 Å². The molecule has 1 spiro atoms. The summed E-state index contributed by atoms with van der Waals surface area (Å²) in [4.78, 5) is 41.4. The van der Waals surface area contributed by atoms with Gasteiger partial charge in [0.25, 0.3) is 0 Å². The average molecular weight is 347 g/mol. The van der Waals surface area contributed by atoms with Crippen LogP contribution in [0.15, 0.2) is 40.9 Å². The van der Waals surface area contributed by atoms with Crippen LogP contribution in [0, 0.1) is 0 Å². The maximum atomic E-state index is 13.8. The molecule has 26 heavy (non-hydrogen) atoms. The first-order valence-electron chi connectivity index (χ1n) is 9.30. The van der Waals surface area contributed by atoms with Gasteiger partial charge in [-0.15, -0.1) is 0 Å². The Labute approximate surface area is 150 Å². The number of rotatable bonds is 0. The van der Waals surface area contributed by atoms with Gasteiger partial charge in [-0.25, -0.2) is 0 Å². The third-order valence-electron chi connectivity index (χ3n) is 6.46. The predicted octanol–water partition coefficient (Wildman–Crippen LogP) is 2.48. The van der Waals surface area contributed by atoms with E-state index >= 15 is 0 Å². The molecule has 1 aromatic rings. The fourth-order valence-electron chi connectivity index (χ4n) is 5.54. The van der Waals surface area contributed by atoms with E-state index in [0.29, 0.717) is 54.9 Å². The van der Waals surface area contributed by atoms with Crippen LogP contribution >= 0.6 is 0 Å². The number of hydrogen-bond acceptors (Lipinski definition) is 4. The normalized spacial score (nSPS) is 25.1. The Balaban J connectivity index is 1.76. The minimum Gasteiger partial charge on any atom is -0.465 e. The molecule has 5 heteroatoms. The van der Waals surface area contributed by atoms with Crippen LogP contribution < -0.4 is 4.90 Å². The molecule has 0 unspecified atom stereocenters. The maximum absolute atomic E-state index is 13.8. The number of ketones is 2. The third-order valence-corrected chi connectivity index (χ3v) is 6.46. The first-order chi connectivity index (χ1) is 12.6. The lowest BCUT2D eigenvalue weighted by molar-refractivity contribution is -0.125. The summed E-state index contributed by atoms with van der Waals surface area (Å²) in [6.45, 7) is 0.638. The molecule has 3 aliphatic heterocycles. The van der Waals surface area contributed by atoms with Crippen molar-refractivity contribution >= 4 is 23.2 Å². The summed E-state index contributed by atoms with van der Waals surface area (Å²) in [6, 6.07) is 5.93. The van der Waals surface area contributed by atoms with E-state index in [2.05, 4.69) is 0 Å². The Kier molecular flexibility index (Phi) is 2.52. The van der Waals surface area contributed by atoms with Gasteiger partial charge in [0.1, 0.15) is 16.9 Å². The summed E-state index contributed by atoms with van der Waals surface area (Å²) in [5.41, 5.74) is 2.46. The lowest BCUT2D eigenvalue weighted by Gasteiger charge is -2.34. The number of para-hydroxylation sites is 1. The van der Waals surface area contributed by atoms with Crippen LogP contribution in [0.25, 0.3) is 0 Å². The minimum atomic E-state index is -1.26. The number of amides is 1. The molecule has 0 saturated heterocycles. The van der Waals surface area contributed by atoms with Gasteiger partial charge in [-0.1, -0.05) is 18.2 Å². The highest BCUT2D eigenvalue weighted by Crippen LogP contribution is 2.60. The third kappa shape index (κ3) is 1.40. The number of fused-ring (bicyclic) bond motifs is 3. The van der Waals surface area contributed by atoms with Gasteiger partial charge in [-0.05, 0) is 18.4 Å². The summed E-state index contributed by atoms with van der Waals surface area (Å²) < 4.78 is 5.99. The molecule has 0 saturated carbocycles. The van der Waals surface area contributed by atoms with Crippen molar-refractivity contribution < 1.29 is 19.1 Å². The molecular weight excluding hydrogens is 330 g/mol. The van der Waals surface area contributed by atoms with Crippen LogP contribution in [-0.2, 0) is 31.0 Å². The van der Waals surface area contributed by atoms with Gasteiger partial charge in [0.2, 0.25) is 5.91 Å². The number of anilines is 1. The highest BCUT2D eigenvalue weighted by Gasteiger charge is 2.64. The highest BCUT2D eigenvalue weighted by atomic mass is 16.5. The maximum Gasteiger partial charge on any atom is 0.247 e. The van der Waals surface area contributed by atoms with E-state index in [0.717, 1.165) is 29.7 Å². The molecule has 5 nitrogen and oxygen atoms in total. The zero-order chi connectivity index (χ0) is 17.6. The Morgan fingerprint density at radius 1 is 0.885 bits per heavy atom. The van der Waals surface area contributed by atoms with Gasteiger partial charge in [0, 0.05) is 37.8 Å². The molecule has 6 rings (SSSR count). The van der Waals surface area contributed by atoms with E-state index in [1.165, 1.54) is 0 Å². The number of aryl methyl sites for hydroxylation is 1. The van der Waals surface area contributed by atoms with Crippen LogP contribution in [0.3, 0.4) is 0 Å². The molecule has 0 radical (unpaired) electrons. The van der Waals surface area contributed by atoms with Crippen LogP contribution in [-0.4, -0.2) is 24.0 Å². The second kappa shape index (κ2) is 4.53. The largest absolute Gasteiger partial charge is 0.465 e. The minimum absolute atomic E-state index is 0.0583. The number of allylic oxidation sites excluding steroid dienone is 2. The number of carbonyl (C=O) groups is 3. The van der Waals surface area contributed by atoms with Crippen molar-refractivity contribution in [1.29, 1.82) is 0 Å². The molecule has 1 amide bonds. The van der Waals surface area contributed by atoms with Gasteiger partial charge < -0.3 is 9.64 Å². The number of hydrogen-bond donors (Lipinski definition) is 0. The van der Waals surface area contributed by atoms with Crippen molar-refractivity contribution in [3.63, 3.8) is 0 Å². The van der Waals surface area contributed by atoms with E-state index in [-0.39, 0.29) is 17.5 Å². The average Bonchev–Trinajstić information content (AvgIpc) is 3.28. The summed E-state index contributed by atoms with van der Waals surface area (Å²) in [5.74, 6) is 0.964. The van der Waals surface area contributed by atoms with Crippen molar-refractivity contribution in [3.8, 4) is 0 Å². The molecule has 2 aliphatic carbocycles. The summed E-state index contributed by atoms with van der Waals surface area (Å²) in [6.07, 6.45) is 3.55. The Bertz CT molecular complexity index is 973. The Hall–Kier alpha value is -2.69. The zero-order valence-corrected chi connectivity index (χ0v) is 14.3. The monoisotopic (exact) mass is 347 g/mol. The molecule has 1 aromatic carbocycles. The van der Waals surface area contributed by atoms with Gasteiger partial charge in [-0.3, -0.25) is 14.4 Å². The molecule has 0 fully saturated rings. The van der Waals surface area contributed by atoms with E-state index in [1.54, 1.807) is 0 Å². The zero-order valence-electron chi connectivity index (χ0n) is 14.3. The van der Waals surface area contributed by atoms with Gasteiger partial charge >= 0.3 is 0 Å². The Morgan fingerprint density at radius 2 is 1.58 bits per heavy atom. The van der Waals surface area contributed by atoms with E-state index in [9.17, 15) is 14.4 Å². The van der Waals surface area contributed by atoms with E-state index < -0.39 is 5.41 Å². The molecular formula is C21H17NO4. The summed E-state index contributed by atoms with van der Waals surface area (Å²) in [5, 5.41) is 0. The second-order valence-corrected chi connectivity index (χ2v) is 7.67. The number of carbonyl (C=O) groups excluding carboxylic acids is 3. The highest BCUT2D eigenvalue weighted by molar-refractivity contribution is 6.25. The molecule has 0 N–H and O–H groups in total. The lowest BCUT2D eigenvalue weighted by Crippen LogP contribution is -2.48. The van der Waals surface area contributed by atoms with Crippen molar-refractivity contribution in [2.45, 2.75) is 43.9 Å². The topological polar surface area (TPSA) is 63.7 Å². The SMILES string of the molecule is O=C1CCC2=C1C1(C(=O)N3CCCc4cccc1c43)C1=C(CCC1=O)O2. The van der Waals surface area contributed by atoms with Gasteiger partial charge in [-0.2, -0.15) is 0 Å². The fraction of sp³-hybridized carbons (Fsp3) is 0.381. The molecule has 0 aromatic heterocycles. The summed E-state index contributed by atoms with van der Waals surface area (Å²) >= 11 is 0. The first kappa shape index (κ1) is 14.5. The smallest absolute Gasteiger partial charge is 0.247 e. The van der Waals surface area contributed by atoms with E-state index in [4.69, 9.17) is 4.74 Å².